The van der Waals surface area contributed by atoms with E-state index in [2.05, 4.69) is 65.8 Å². The van der Waals surface area contributed by atoms with Crippen molar-refractivity contribution < 1.29 is 66.4 Å². The molecule has 0 bridgehead atoms. The van der Waals surface area contributed by atoms with Crippen LogP contribution in [0.15, 0.2) is 168 Å². The second-order valence-corrected chi connectivity index (χ2v) is 27.3. The number of halogens is 3. The zero-order chi connectivity index (χ0) is 74.9. The maximum absolute atomic E-state index is 15.4. The number of nitrogens with one attached hydrogen (secondary N) is 2. The Kier molecular flexibility index (Phi) is 29.9. The molecule has 4 amide bonds. The number of likely N-dealkylation sites (N-methyl/N-ethyl adjacent to an activating group) is 2. The van der Waals surface area contributed by atoms with Gasteiger partial charge in [-0.15, -0.1) is 10.2 Å². The first-order valence-electron chi connectivity index (χ1n) is 35.0. The Morgan fingerprint density at radius 1 is 0.596 bits per heavy atom. The molecular weight excluding hydrogens is 1400 g/mol. The van der Waals surface area contributed by atoms with Crippen LogP contribution in [-0.4, -0.2) is 158 Å². The molecule has 6 heterocycles. The molecule has 4 aromatic heterocycles. The van der Waals surface area contributed by atoms with Crippen LogP contribution in [0.1, 0.15) is 147 Å². The van der Waals surface area contributed by atoms with E-state index in [0.717, 1.165) is 77.3 Å². The molecule has 8 aromatic rings. The second-order valence-electron chi connectivity index (χ2n) is 26.4. The minimum absolute atomic E-state index is 0.0856. The van der Waals surface area contributed by atoms with Crippen molar-refractivity contribution in [3.8, 4) is 11.8 Å². The smallest absolute Gasteiger partial charge is 0.476 e. The Morgan fingerprint density at radius 3 is 1.39 bits per heavy atom. The lowest BCUT2D eigenvalue weighted by atomic mass is 9.72. The number of nitrogens with zero attached hydrogens (tertiary/aromatic N) is 8. The number of fused-ring (bicyclic) bond motifs is 2. The predicted octanol–water partition coefficient (Wildman–Crippen LogP) is 14.4. The van der Waals surface area contributed by atoms with E-state index in [0.29, 0.717) is 69.5 Å². The van der Waals surface area contributed by atoms with Gasteiger partial charge in [0, 0.05) is 92.7 Å². The van der Waals surface area contributed by atoms with Gasteiger partial charge >= 0.3 is 19.3 Å². The molecule has 2 saturated heterocycles. The van der Waals surface area contributed by atoms with Gasteiger partial charge < -0.3 is 58.9 Å². The minimum Gasteiger partial charge on any atom is -0.476 e. The fourth-order valence-corrected chi connectivity index (χ4v) is 11.9. The van der Waals surface area contributed by atoms with Gasteiger partial charge in [0.25, 0.3) is 0 Å². The van der Waals surface area contributed by atoms with Crippen LogP contribution in [0.4, 0.5) is 18.4 Å². The lowest BCUT2D eigenvalue weighted by molar-refractivity contribution is -0.116. The molecule has 104 heavy (non-hydrogen) atoms. The molecule has 4 aromatic carbocycles. The summed E-state index contributed by atoms with van der Waals surface area (Å²) in [6.07, 6.45) is 14.0. The zero-order valence-electron chi connectivity index (χ0n) is 60.7. The van der Waals surface area contributed by atoms with Crippen LogP contribution in [-0.2, 0) is 28.5 Å². The first kappa shape index (κ1) is 80.1. The number of ether oxygens (including phenoxy) is 6. The highest BCUT2D eigenvalue weighted by molar-refractivity contribution is 9.10. The maximum atomic E-state index is 15.4. The third-order valence-electron chi connectivity index (χ3n) is 16.5. The quantitative estimate of drug-likeness (QED) is 0.0249. The van der Waals surface area contributed by atoms with Gasteiger partial charge in [0.2, 0.25) is 35.5 Å². The monoisotopic (exact) mass is 1490 g/mol. The molecule has 0 aliphatic carbocycles. The maximum Gasteiger partial charge on any atom is 0.484 e. The Labute approximate surface area is 615 Å². The zero-order valence-corrected chi connectivity index (χ0v) is 62.3. The normalized spacial score (nSPS) is 15.2. The van der Waals surface area contributed by atoms with E-state index in [-0.39, 0.29) is 69.5 Å². The summed E-state index contributed by atoms with van der Waals surface area (Å²) >= 11 is 3.31. The van der Waals surface area contributed by atoms with Gasteiger partial charge in [0.15, 0.2) is 12.5 Å². The second kappa shape index (κ2) is 38.8. The molecule has 22 nitrogen and oxygen atoms in total. The molecule has 10 rings (SSSR count). The van der Waals surface area contributed by atoms with Crippen molar-refractivity contribution >= 4 is 85.6 Å². The van der Waals surface area contributed by atoms with E-state index in [4.69, 9.17) is 28.4 Å². The van der Waals surface area contributed by atoms with Gasteiger partial charge in [-0.25, -0.2) is 28.9 Å². The molecule has 2 unspecified atom stereocenters. The Morgan fingerprint density at radius 2 is 1.03 bits per heavy atom. The largest absolute Gasteiger partial charge is 0.484 e. The van der Waals surface area contributed by atoms with E-state index >= 15 is 8.78 Å². The van der Waals surface area contributed by atoms with E-state index in [9.17, 15) is 29.2 Å². The van der Waals surface area contributed by atoms with Gasteiger partial charge in [0.05, 0.1) is 34.9 Å². The summed E-state index contributed by atoms with van der Waals surface area (Å²) in [5.74, 6) is -1.07. The van der Waals surface area contributed by atoms with Gasteiger partial charge in [-0.3, -0.25) is 9.59 Å². The number of benzene rings is 4. The van der Waals surface area contributed by atoms with E-state index in [1.54, 1.807) is 119 Å². The molecule has 0 spiro atoms. The number of hydrogen-bond donors (Lipinski definition) is 4. The van der Waals surface area contributed by atoms with Crippen LogP contribution in [0.3, 0.4) is 0 Å². The van der Waals surface area contributed by atoms with Crippen LogP contribution in [0, 0.1) is 11.9 Å². The number of aromatic nitrogens is 6. The average molecular weight is 1490 g/mol. The highest BCUT2D eigenvalue weighted by atomic mass is 79.9. The molecule has 26 heteroatoms. The van der Waals surface area contributed by atoms with Gasteiger partial charge in [0.1, 0.15) is 24.4 Å². The molecule has 0 radical (unpaired) electrons. The lowest BCUT2D eigenvalue weighted by Gasteiger charge is -2.26. The molecule has 552 valence electrons. The fourth-order valence-electron chi connectivity index (χ4n) is 11.6. The Bertz CT molecular complexity index is 4260. The van der Waals surface area contributed by atoms with E-state index in [1.165, 1.54) is 36.0 Å². The van der Waals surface area contributed by atoms with Crippen LogP contribution >= 0.6 is 15.9 Å². The summed E-state index contributed by atoms with van der Waals surface area (Å²) in [5, 5.41) is 34.6. The van der Waals surface area contributed by atoms with Gasteiger partial charge in [-0.1, -0.05) is 103 Å². The van der Waals surface area contributed by atoms with Crippen molar-refractivity contribution in [2.45, 2.75) is 130 Å². The predicted molar refractivity (Wildman–Crippen MR) is 402 cm³/mol. The summed E-state index contributed by atoms with van der Waals surface area (Å²) in [6, 6.07) is 38.2. The number of pyridine rings is 2. The number of rotatable bonds is 24. The van der Waals surface area contributed by atoms with Gasteiger partial charge in [-0.2, -0.15) is 8.78 Å². The highest BCUT2D eigenvalue weighted by Crippen LogP contribution is 2.39. The molecule has 4 N–H and O–H groups in total. The van der Waals surface area contributed by atoms with Crippen molar-refractivity contribution in [2.75, 3.05) is 66.7 Å². The molecule has 2 aliphatic rings. The van der Waals surface area contributed by atoms with Crippen LogP contribution in [0.25, 0.3) is 38.5 Å². The number of hydrogen-bond acceptors (Lipinski definition) is 16. The fraction of sp³-hybridized carbons (Fsp3) is 0.385. The number of amides is 4. The molecule has 2 aliphatic heterocycles. The van der Waals surface area contributed by atoms with Crippen molar-refractivity contribution in [2.24, 2.45) is 0 Å². The number of carbonyl (C=O) groups excluding carboxylic acids is 4. The molecule has 0 saturated carbocycles. The SMILES string of the molecule is Brc1ccccc1.CC/C(=C(/c1ccc(OCCN(C/C=C/C(=O)NC)C(=O)OC(C)(C)C)nc1)c1ccc2c(c1)c(F)nn2C1CCCCO1)c1ccccc1.CC/C(B(O)O)=C(/c1ccc(OCCN(C/C=C/C(=O)NC)C(=O)OC(C)(C)C)nc1)c1ccc2c(c1)c(F)nn2C1CCCCO1. The Balaban J connectivity index is 0.000000240. The van der Waals surface area contributed by atoms with Gasteiger partial charge in [-0.05, 0) is 180 Å². The highest BCUT2D eigenvalue weighted by Gasteiger charge is 2.28. The first-order chi connectivity index (χ1) is 49.9. The molecular formula is C78H94BBrF2N10O12. The third-order valence-corrected chi connectivity index (χ3v) is 17.1. The summed E-state index contributed by atoms with van der Waals surface area (Å²) < 4.78 is 69.5. The van der Waals surface area contributed by atoms with E-state index in [1.807, 2.05) is 72.8 Å². The molecule has 2 fully saturated rings. The third kappa shape index (κ3) is 23.2. The number of allylic oxidation sites excluding steroid dienone is 2. The van der Waals surface area contributed by atoms with Crippen LogP contribution in [0.5, 0.6) is 11.8 Å². The summed E-state index contributed by atoms with van der Waals surface area (Å²) in [5.41, 5.74) is 6.64. The molecule has 2 atom stereocenters. The van der Waals surface area contributed by atoms with Crippen LogP contribution in [0.2, 0.25) is 0 Å². The Hall–Kier alpha value is -9.60. The summed E-state index contributed by atoms with van der Waals surface area (Å²) in [6.45, 7) is 16.7. The van der Waals surface area contributed by atoms with Crippen molar-refractivity contribution in [1.29, 1.82) is 0 Å². The standard InChI is InChI=1S/C39H46FN5O5.C33H43BFN5O7.C6H5Br/c1-6-30(27-13-8-7-9-14-27)36(28-17-19-32-31(25-28)37(40)43-45(32)35-16-10-11-23-49-35)29-18-20-34(42-26-29)48-24-22-44(21-12-15-33(46)41-5)38(47)50-39(2,3)4;1-6-25(34(43)44)30(22-12-14-26-24(20-22)31(35)38-40(26)29-11-7-8-18-46-29)23-13-15-28(37-21-23)45-19-17-39(16-9-10-27(41)36-5)32(42)47-33(2,3)4;7-6-4-2-1-3-5-6/h7-9,12-15,17-20,25-26,35H,6,10-11,16,21-24H2,1-5H3,(H,41,46);9-10,12-15,20-21,29,43-44H,6-8,11,16-19H2,1-5H3,(H,36,41);1-5H/b15-12+,36-30-;10-9+,30-25-;. The summed E-state index contributed by atoms with van der Waals surface area (Å²) in [7, 11) is 1.30. The van der Waals surface area contributed by atoms with E-state index < -0.39 is 42.4 Å². The summed E-state index contributed by atoms with van der Waals surface area (Å²) in [4.78, 5) is 60.7. The average Bonchev–Trinajstić information content (AvgIpc) is 1.70. The van der Waals surface area contributed by atoms with Crippen molar-refractivity contribution in [1.82, 2.24) is 50.0 Å². The lowest BCUT2D eigenvalue weighted by Crippen LogP contribution is -2.39. The topological polar surface area (TPSA) is 256 Å². The first-order valence-corrected chi connectivity index (χ1v) is 35.8. The number of carbonyl (C=O) groups is 4. The van der Waals surface area contributed by atoms with Crippen molar-refractivity contribution in [3.63, 3.8) is 0 Å². The minimum atomic E-state index is -1.75. The van der Waals surface area contributed by atoms with Crippen molar-refractivity contribution in [3.05, 3.63) is 208 Å². The van der Waals surface area contributed by atoms with Crippen LogP contribution < -0.4 is 20.1 Å².